The zero-order valence-corrected chi connectivity index (χ0v) is 16.5. The average Bonchev–Trinajstić information content (AvgIpc) is 3.01. The molecule has 0 spiro atoms. The van der Waals surface area contributed by atoms with E-state index < -0.39 is 0 Å². The van der Waals surface area contributed by atoms with Gasteiger partial charge in [-0.1, -0.05) is 36.8 Å². The summed E-state index contributed by atoms with van der Waals surface area (Å²) in [6, 6.07) is 13.8. The number of likely N-dealkylation sites (tertiary alicyclic amines) is 1. The van der Waals surface area contributed by atoms with Crippen LogP contribution in [0.2, 0.25) is 0 Å². The van der Waals surface area contributed by atoms with E-state index in [2.05, 4.69) is 17.1 Å². The Bertz CT molecular complexity index is 890. The van der Waals surface area contributed by atoms with Gasteiger partial charge in [-0.15, -0.1) is 0 Å². The summed E-state index contributed by atoms with van der Waals surface area (Å²) in [6.07, 6.45) is 6.04. The predicted molar refractivity (Wildman–Crippen MR) is 112 cm³/mol. The number of hydrogen-bond donors (Lipinski definition) is 1. The monoisotopic (exact) mass is 376 g/mol. The molecule has 2 aliphatic rings. The summed E-state index contributed by atoms with van der Waals surface area (Å²) in [5.41, 5.74) is 3.80. The first-order valence-electron chi connectivity index (χ1n) is 10.5. The maximum Gasteiger partial charge on any atom is 0.251 e. The Morgan fingerprint density at radius 1 is 1.04 bits per heavy atom. The van der Waals surface area contributed by atoms with Gasteiger partial charge < -0.3 is 10.2 Å². The highest BCUT2D eigenvalue weighted by atomic mass is 16.1. The first-order chi connectivity index (χ1) is 13.6. The smallest absolute Gasteiger partial charge is 0.251 e. The Balaban J connectivity index is 1.30. The van der Waals surface area contributed by atoms with Crippen molar-refractivity contribution in [3.63, 3.8) is 0 Å². The Kier molecular flexibility index (Phi) is 5.58. The summed E-state index contributed by atoms with van der Waals surface area (Å²) in [6.45, 7) is 5.31. The molecule has 1 amide bonds. The van der Waals surface area contributed by atoms with Crippen LogP contribution in [0.5, 0.6) is 0 Å². The van der Waals surface area contributed by atoms with Crippen LogP contribution in [0.3, 0.4) is 0 Å². The molecule has 1 fully saturated rings. The highest BCUT2D eigenvalue weighted by Gasteiger charge is 2.27. The van der Waals surface area contributed by atoms with Crippen molar-refractivity contribution in [3.8, 4) is 11.1 Å². The zero-order valence-electron chi connectivity index (χ0n) is 16.5. The van der Waals surface area contributed by atoms with Crippen molar-refractivity contribution in [3.05, 3.63) is 59.2 Å². The number of benzene rings is 2. The molecule has 1 heterocycles. The fourth-order valence-corrected chi connectivity index (χ4v) is 4.40. The largest absolute Gasteiger partial charge is 0.352 e. The number of fused-ring (bicyclic) bond motifs is 3. The molecule has 1 aliphatic heterocycles. The number of unbranched alkanes of at least 4 members (excludes halogenated alkanes) is 1. The summed E-state index contributed by atoms with van der Waals surface area (Å²) in [5, 5.41) is 3.01. The van der Waals surface area contributed by atoms with E-state index >= 15 is 0 Å². The minimum atomic E-state index is -0.0992. The highest BCUT2D eigenvalue weighted by molar-refractivity contribution is 6.22. The lowest BCUT2D eigenvalue weighted by atomic mass is 10.0. The number of rotatable bonds is 6. The molecular formula is C24H28N2O2. The maximum absolute atomic E-state index is 12.6. The number of piperidine rings is 1. The second-order valence-electron chi connectivity index (χ2n) is 7.98. The molecule has 4 rings (SSSR count). The predicted octanol–water partition coefficient (Wildman–Crippen LogP) is 4.28. The summed E-state index contributed by atoms with van der Waals surface area (Å²) in [7, 11) is 0. The van der Waals surface area contributed by atoms with Crippen molar-refractivity contribution >= 4 is 11.7 Å². The molecule has 0 aromatic heterocycles. The van der Waals surface area contributed by atoms with E-state index in [1.807, 2.05) is 36.4 Å². The molecule has 4 heteroatoms. The molecule has 0 saturated carbocycles. The number of carbonyl (C=O) groups excluding carboxylic acids is 2. The van der Waals surface area contributed by atoms with Gasteiger partial charge in [0.05, 0.1) is 0 Å². The van der Waals surface area contributed by atoms with Crippen LogP contribution in [0.15, 0.2) is 42.5 Å². The van der Waals surface area contributed by atoms with Gasteiger partial charge >= 0.3 is 0 Å². The van der Waals surface area contributed by atoms with Gasteiger partial charge in [0.2, 0.25) is 0 Å². The van der Waals surface area contributed by atoms with Crippen LogP contribution >= 0.6 is 0 Å². The second kappa shape index (κ2) is 8.27. The van der Waals surface area contributed by atoms with Gasteiger partial charge in [-0.2, -0.15) is 0 Å². The Morgan fingerprint density at radius 2 is 1.82 bits per heavy atom. The maximum atomic E-state index is 12.6. The van der Waals surface area contributed by atoms with Crippen LogP contribution in [-0.2, 0) is 0 Å². The molecule has 1 aliphatic carbocycles. The number of ketones is 1. The van der Waals surface area contributed by atoms with Gasteiger partial charge in [0.1, 0.15) is 0 Å². The topological polar surface area (TPSA) is 49.4 Å². The summed E-state index contributed by atoms with van der Waals surface area (Å²) in [4.78, 5) is 27.7. The molecule has 0 bridgehead atoms. The molecule has 2 aromatic carbocycles. The van der Waals surface area contributed by atoms with Crippen molar-refractivity contribution < 1.29 is 9.59 Å². The summed E-state index contributed by atoms with van der Waals surface area (Å²) < 4.78 is 0. The van der Waals surface area contributed by atoms with Gasteiger partial charge in [-0.3, -0.25) is 9.59 Å². The first kappa shape index (κ1) is 18.9. The van der Waals surface area contributed by atoms with E-state index in [1.165, 1.54) is 25.8 Å². The number of carbonyl (C=O) groups is 2. The normalized spacial score (nSPS) is 18.6. The lowest BCUT2D eigenvalue weighted by Crippen LogP contribution is -2.38. The molecule has 146 valence electrons. The van der Waals surface area contributed by atoms with Crippen molar-refractivity contribution in [1.29, 1.82) is 0 Å². The van der Waals surface area contributed by atoms with Gasteiger partial charge in [0, 0.05) is 29.3 Å². The van der Waals surface area contributed by atoms with Crippen LogP contribution in [-0.4, -0.2) is 42.3 Å². The Hall–Kier alpha value is -2.46. The summed E-state index contributed by atoms with van der Waals surface area (Å²) >= 11 is 0. The average molecular weight is 377 g/mol. The van der Waals surface area contributed by atoms with E-state index in [-0.39, 0.29) is 11.7 Å². The van der Waals surface area contributed by atoms with E-state index in [1.54, 1.807) is 6.07 Å². The quantitative estimate of drug-likeness (QED) is 0.653. The number of nitrogens with one attached hydrogen (secondary N) is 1. The first-order valence-corrected chi connectivity index (χ1v) is 10.5. The van der Waals surface area contributed by atoms with E-state index in [4.69, 9.17) is 0 Å². The molecule has 1 atom stereocenters. The fraction of sp³-hybridized carbons (Fsp3) is 0.417. The van der Waals surface area contributed by atoms with Crippen LogP contribution in [0.25, 0.3) is 11.1 Å². The molecule has 4 nitrogen and oxygen atoms in total. The van der Waals surface area contributed by atoms with Gasteiger partial charge in [0.25, 0.3) is 5.91 Å². The molecule has 1 saturated heterocycles. The molecule has 28 heavy (non-hydrogen) atoms. The van der Waals surface area contributed by atoms with Crippen molar-refractivity contribution in [2.75, 3.05) is 19.6 Å². The standard InChI is InChI=1S/C24H28N2O2/c1-17-8-4-6-14-26(17)15-7-5-13-25-24(28)18-11-12-20-19-9-2-3-10-21(19)23(27)22(20)16-18/h2-3,9-12,16-17H,4-8,13-15H2,1H3,(H,25,28). The number of amides is 1. The third kappa shape index (κ3) is 3.74. The van der Waals surface area contributed by atoms with Crippen LogP contribution in [0, 0.1) is 0 Å². The summed E-state index contributed by atoms with van der Waals surface area (Å²) in [5.74, 6) is -0.0891. The van der Waals surface area contributed by atoms with E-state index in [9.17, 15) is 9.59 Å². The molecular weight excluding hydrogens is 348 g/mol. The van der Waals surface area contributed by atoms with Crippen molar-refractivity contribution in [2.45, 2.75) is 45.1 Å². The zero-order chi connectivity index (χ0) is 19.5. The lowest BCUT2D eigenvalue weighted by molar-refractivity contribution is 0.0951. The number of nitrogens with zero attached hydrogens (tertiary/aromatic N) is 1. The van der Waals surface area contributed by atoms with Crippen molar-refractivity contribution in [2.24, 2.45) is 0 Å². The van der Waals surface area contributed by atoms with Crippen LogP contribution < -0.4 is 5.32 Å². The minimum Gasteiger partial charge on any atom is -0.352 e. The third-order valence-corrected chi connectivity index (χ3v) is 6.09. The van der Waals surface area contributed by atoms with Gasteiger partial charge in [-0.25, -0.2) is 0 Å². The van der Waals surface area contributed by atoms with Gasteiger partial charge in [-0.05, 0) is 69.0 Å². The highest BCUT2D eigenvalue weighted by Crippen LogP contribution is 2.36. The van der Waals surface area contributed by atoms with Gasteiger partial charge in [0.15, 0.2) is 5.78 Å². The lowest BCUT2D eigenvalue weighted by Gasteiger charge is -2.33. The second-order valence-corrected chi connectivity index (χ2v) is 7.98. The molecule has 1 N–H and O–H groups in total. The Morgan fingerprint density at radius 3 is 2.64 bits per heavy atom. The van der Waals surface area contributed by atoms with E-state index in [0.29, 0.717) is 23.7 Å². The molecule has 0 radical (unpaired) electrons. The van der Waals surface area contributed by atoms with E-state index in [0.717, 1.165) is 36.1 Å². The molecule has 1 unspecified atom stereocenters. The third-order valence-electron chi connectivity index (χ3n) is 6.09. The van der Waals surface area contributed by atoms with Crippen molar-refractivity contribution in [1.82, 2.24) is 10.2 Å². The van der Waals surface area contributed by atoms with Crippen LogP contribution in [0.4, 0.5) is 0 Å². The number of hydrogen-bond acceptors (Lipinski definition) is 3. The Labute approximate surface area is 166 Å². The van der Waals surface area contributed by atoms with Crippen LogP contribution in [0.1, 0.15) is 65.3 Å². The minimum absolute atomic E-state index is 0.0101. The fourth-order valence-electron chi connectivity index (χ4n) is 4.40. The SMILES string of the molecule is CC1CCCCN1CCCCNC(=O)c1ccc2c(c1)C(=O)c1ccccc1-2. The molecule has 2 aromatic rings.